The largest absolute Gasteiger partial charge is 0.398 e. The maximum absolute atomic E-state index is 12.7. The second kappa shape index (κ2) is 8.94. The Morgan fingerprint density at radius 3 is 1.37 bits per heavy atom. The normalized spacial score (nSPS) is 18.3. The molecule has 2 saturated carbocycles. The molecular weight excluding hydrogens is 376 g/mol. The molecule has 0 atom stereocenters. The fourth-order valence-electron chi connectivity index (χ4n) is 4.81. The summed E-state index contributed by atoms with van der Waals surface area (Å²) in [5, 5.41) is 7.66. The smallest absolute Gasteiger partial charge is 0.251 e. The zero-order valence-electron chi connectivity index (χ0n) is 17.5. The third kappa shape index (κ3) is 4.53. The molecule has 2 aliphatic rings. The van der Waals surface area contributed by atoms with Crippen molar-refractivity contribution in [2.24, 2.45) is 0 Å². The van der Waals surface area contributed by atoms with E-state index >= 15 is 0 Å². The lowest BCUT2D eigenvalue weighted by molar-refractivity contribution is 0.0919. The van der Waals surface area contributed by atoms with Gasteiger partial charge in [-0.3, -0.25) is 9.59 Å². The van der Waals surface area contributed by atoms with Crippen LogP contribution in [0.4, 0.5) is 11.4 Å². The highest BCUT2D eigenvalue weighted by Gasteiger charge is 2.20. The Balaban J connectivity index is 1.55. The van der Waals surface area contributed by atoms with Gasteiger partial charge in [0.1, 0.15) is 0 Å². The molecule has 0 unspecified atom stereocenters. The van der Waals surface area contributed by atoms with Gasteiger partial charge >= 0.3 is 0 Å². The van der Waals surface area contributed by atoms with Crippen molar-refractivity contribution in [3.63, 3.8) is 0 Å². The molecule has 6 N–H and O–H groups in total. The molecule has 2 aliphatic carbocycles. The van der Waals surface area contributed by atoms with Crippen LogP contribution in [0.1, 0.15) is 84.9 Å². The van der Waals surface area contributed by atoms with Crippen molar-refractivity contribution in [1.29, 1.82) is 0 Å². The van der Waals surface area contributed by atoms with Crippen LogP contribution in [-0.4, -0.2) is 23.9 Å². The lowest BCUT2D eigenvalue weighted by Gasteiger charge is -2.23. The molecule has 2 amide bonds. The number of nitrogen functional groups attached to an aromatic ring is 2. The minimum Gasteiger partial charge on any atom is -0.398 e. The first-order chi connectivity index (χ1) is 14.5. The molecule has 4 rings (SSSR count). The van der Waals surface area contributed by atoms with E-state index in [-0.39, 0.29) is 23.9 Å². The van der Waals surface area contributed by atoms with Gasteiger partial charge in [-0.2, -0.15) is 0 Å². The van der Waals surface area contributed by atoms with E-state index in [1.165, 1.54) is 12.8 Å². The quantitative estimate of drug-likeness (QED) is 0.570. The molecule has 0 aromatic heterocycles. The number of carbonyl (C=O) groups excluding carboxylic acids is 2. The number of benzene rings is 2. The fraction of sp³-hybridized carbons (Fsp3) is 0.500. The number of nitrogens with one attached hydrogen (secondary N) is 2. The van der Waals surface area contributed by atoms with E-state index in [1.54, 1.807) is 24.3 Å². The highest BCUT2D eigenvalue weighted by atomic mass is 16.2. The lowest BCUT2D eigenvalue weighted by atomic mass is 9.94. The summed E-state index contributed by atoms with van der Waals surface area (Å²) in [4.78, 5) is 25.5. The molecule has 0 bridgehead atoms. The number of hydrogen-bond acceptors (Lipinski definition) is 4. The van der Waals surface area contributed by atoms with Gasteiger partial charge in [0.2, 0.25) is 0 Å². The van der Waals surface area contributed by atoms with Gasteiger partial charge in [-0.05, 0) is 49.9 Å². The molecule has 160 valence electrons. The standard InChI is InChI=1S/C24H32N4O2/c25-21-13-15(23(29)27-17-7-3-1-4-8-17)11-19-20(21)12-16(14-22(19)26)24(30)28-18-9-5-2-6-10-18/h11-14,17-18H,1-10,25-26H2,(H,27,29)(H,28,30). The van der Waals surface area contributed by atoms with E-state index in [9.17, 15) is 9.59 Å². The summed E-state index contributed by atoms with van der Waals surface area (Å²) in [6.45, 7) is 0. The predicted molar refractivity (Wildman–Crippen MR) is 121 cm³/mol. The average molecular weight is 409 g/mol. The second-order valence-corrected chi connectivity index (χ2v) is 8.84. The van der Waals surface area contributed by atoms with Gasteiger partial charge in [0.05, 0.1) is 0 Å². The molecule has 2 aromatic carbocycles. The molecule has 2 fully saturated rings. The summed E-state index contributed by atoms with van der Waals surface area (Å²) < 4.78 is 0. The van der Waals surface area contributed by atoms with E-state index in [0.717, 1.165) is 51.4 Å². The molecule has 6 nitrogen and oxygen atoms in total. The number of fused-ring (bicyclic) bond motifs is 1. The summed E-state index contributed by atoms with van der Waals surface area (Å²) in [5.41, 5.74) is 14.5. The molecule has 6 heteroatoms. The van der Waals surface area contributed by atoms with Crippen LogP contribution in [-0.2, 0) is 0 Å². The first-order valence-electron chi connectivity index (χ1n) is 11.3. The Morgan fingerprint density at radius 1 is 0.633 bits per heavy atom. The Hall–Kier alpha value is -2.76. The van der Waals surface area contributed by atoms with Crippen molar-refractivity contribution >= 4 is 34.0 Å². The third-order valence-corrected chi connectivity index (χ3v) is 6.54. The van der Waals surface area contributed by atoms with Gasteiger partial charge < -0.3 is 22.1 Å². The second-order valence-electron chi connectivity index (χ2n) is 8.84. The van der Waals surface area contributed by atoms with Gasteiger partial charge in [-0.25, -0.2) is 0 Å². The zero-order chi connectivity index (χ0) is 21.1. The third-order valence-electron chi connectivity index (χ3n) is 6.54. The minimum absolute atomic E-state index is 0.117. The Bertz CT molecular complexity index is 867. The van der Waals surface area contributed by atoms with E-state index in [0.29, 0.717) is 33.3 Å². The summed E-state index contributed by atoms with van der Waals surface area (Å²) in [5.74, 6) is -0.233. The van der Waals surface area contributed by atoms with Crippen molar-refractivity contribution in [3.05, 3.63) is 35.4 Å². The molecule has 0 aliphatic heterocycles. The van der Waals surface area contributed by atoms with Crippen LogP contribution < -0.4 is 22.1 Å². The van der Waals surface area contributed by atoms with Crippen molar-refractivity contribution in [3.8, 4) is 0 Å². The highest BCUT2D eigenvalue weighted by molar-refractivity contribution is 6.10. The first-order valence-corrected chi connectivity index (χ1v) is 11.3. The Labute approximate surface area is 177 Å². The summed E-state index contributed by atoms with van der Waals surface area (Å²) >= 11 is 0. The van der Waals surface area contributed by atoms with Crippen molar-refractivity contribution in [2.75, 3.05) is 11.5 Å². The van der Waals surface area contributed by atoms with Crippen LogP contribution in [0.3, 0.4) is 0 Å². The van der Waals surface area contributed by atoms with Crippen LogP contribution in [0.5, 0.6) is 0 Å². The Kier molecular flexibility index (Phi) is 6.11. The summed E-state index contributed by atoms with van der Waals surface area (Å²) in [7, 11) is 0. The topological polar surface area (TPSA) is 110 Å². The molecule has 0 spiro atoms. The molecule has 0 radical (unpaired) electrons. The number of nitrogens with two attached hydrogens (primary N) is 2. The SMILES string of the molecule is Nc1cc(C(=O)NC2CCCCC2)cc2c(N)cc(C(=O)NC3CCCCC3)cc12. The van der Waals surface area contributed by atoms with Gasteiger partial charge in [-0.15, -0.1) is 0 Å². The van der Waals surface area contributed by atoms with Crippen molar-refractivity contribution < 1.29 is 9.59 Å². The van der Waals surface area contributed by atoms with E-state index in [2.05, 4.69) is 10.6 Å². The molecular formula is C24H32N4O2. The number of anilines is 2. The number of rotatable bonds is 4. The highest BCUT2D eigenvalue weighted by Crippen LogP contribution is 2.30. The summed E-state index contributed by atoms with van der Waals surface area (Å²) in [6.07, 6.45) is 11.2. The predicted octanol–water partition coefficient (Wildman–Crippen LogP) is 4.13. The maximum Gasteiger partial charge on any atom is 0.251 e. The molecule has 2 aromatic rings. The van der Waals surface area contributed by atoms with Gasteiger partial charge in [0, 0.05) is 45.4 Å². The van der Waals surface area contributed by atoms with Crippen LogP contribution in [0.15, 0.2) is 24.3 Å². The monoisotopic (exact) mass is 408 g/mol. The number of amides is 2. The van der Waals surface area contributed by atoms with Crippen molar-refractivity contribution in [2.45, 2.75) is 76.3 Å². The van der Waals surface area contributed by atoms with Gasteiger partial charge in [0.25, 0.3) is 11.8 Å². The maximum atomic E-state index is 12.7. The Morgan fingerprint density at radius 2 is 1.00 bits per heavy atom. The lowest BCUT2D eigenvalue weighted by Crippen LogP contribution is -2.36. The first kappa shape index (κ1) is 20.5. The molecule has 30 heavy (non-hydrogen) atoms. The number of hydrogen-bond donors (Lipinski definition) is 4. The fourth-order valence-corrected chi connectivity index (χ4v) is 4.81. The molecule has 0 saturated heterocycles. The van der Waals surface area contributed by atoms with Crippen LogP contribution in [0.25, 0.3) is 10.8 Å². The van der Waals surface area contributed by atoms with Crippen molar-refractivity contribution in [1.82, 2.24) is 10.6 Å². The van der Waals surface area contributed by atoms with E-state index < -0.39 is 0 Å². The van der Waals surface area contributed by atoms with E-state index in [1.807, 2.05) is 0 Å². The van der Waals surface area contributed by atoms with Gasteiger partial charge in [0.15, 0.2) is 0 Å². The molecule has 0 heterocycles. The number of carbonyl (C=O) groups is 2. The summed E-state index contributed by atoms with van der Waals surface area (Å²) in [6, 6.07) is 7.38. The van der Waals surface area contributed by atoms with Crippen LogP contribution >= 0.6 is 0 Å². The zero-order valence-corrected chi connectivity index (χ0v) is 17.5. The van der Waals surface area contributed by atoms with Gasteiger partial charge in [-0.1, -0.05) is 38.5 Å². The average Bonchev–Trinajstić information content (AvgIpc) is 2.75. The van der Waals surface area contributed by atoms with Crippen LogP contribution in [0.2, 0.25) is 0 Å². The minimum atomic E-state index is -0.117. The van der Waals surface area contributed by atoms with Crippen LogP contribution in [0, 0.1) is 0 Å². The van der Waals surface area contributed by atoms with E-state index in [4.69, 9.17) is 11.5 Å².